The fraction of sp³-hybridized carbons (Fsp3) is 0.333. The standard InChI is InChI=1S/C21H24N4/c1-25-13-9-16(10-14-25)15-19-20(17-7-11-22-12-8-17)21(24-23-19)18-5-3-2-4-6-18/h2-8,11-12,16H,9-10,13-15H2,1H3,(H,23,24). The lowest BCUT2D eigenvalue weighted by atomic mass is 9.89. The van der Waals surface area contributed by atoms with Crippen molar-refractivity contribution in [2.24, 2.45) is 5.92 Å². The molecule has 0 aliphatic carbocycles. The molecule has 0 atom stereocenters. The van der Waals surface area contributed by atoms with Crippen molar-refractivity contribution >= 4 is 0 Å². The van der Waals surface area contributed by atoms with Gasteiger partial charge in [-0.1, -0.05) is 30.3 Å². The molecule has 1 aromatic carbocycles. The van der Waals surface area contributed by atoms with Gasteiger partial charge in [0.15, 0.2) is 0 Å². The molecule has 1 N–H and O–H groups in total. The number of nitrogens with zero attached hydrogens (tertiary/aromatic N) is 3. The second-order valence-electron chi connectivity index (χ2n) is 6.98. The maximum absolute atomic E-state index is 4.69. The van der Waals surface area contributed by atoms with Crippen molar-refractivity contribution in [2.75, 3.05) is 20.1 Å². The van der Waals surface area contributed by atoms with Crippen LogP contribution in [0.1, 0.15) is 18.5 Å². The van der Waals surface area contributed by atoms with Crippen molar-refractivity contribution in [3.8, 4) is 22.4 Å². The number of likely N-dealkylation sites (tertiary alicyclic amines) is 1. The van der Waals surface area contributed by atoms with Gasteiger partial charge in [-0.05, 0) is 63.0 Å². The number of piperidine rings is 1. The first-order valence-electron chi connectivity index (χ1n) is 9.03. The van der Waals surface area contributed by atoms with Gasteiger partial charge in [0.05, 0.1) is 0 Å². The molecule has 1 aliphatic rings. The van der Waals surface area contributed by atoms with E-state index in [4.69, 9.17) is 0 Å². The first kappa shape index (κ1) is 16.0. The van der Waals surface area contributed by atoms with Crippen molar-refractivity contribution in [1.82, 2.24) is 20.1 Å². The van der Waals surface area contributed by atoms with E-state index in [1.54, 1.807) is 0 Å². The summed E-state index contributed by atoms with van der Waals surface area (Å²) in [4.78, 5) is 6.59. The minimum Gasteiger partial charge on any atom is -0.306 e. The molecule has 1 fully saturated rings. The molecular formula is C21H24N4. The molecule has 1 saturated heterocycles. The Labute approximate surface area is 148 Å². The molecule has 0 saturated carbocycles. The number of hydrogen-bond acceptors (Lipinski definition) is 3. The fourth-order valence-corrected chi connectivity index (χ4v) is 3.72. The van der Waals surface area contributed by atoms with Crippen molar-refractivity contribution in [3.05, 3.63) is 60.6 Å². The molecule has 3 aromatic rings. The van der Waals surface area contributed by atoms with E-state index in [0.29, 0.717) is 0 Å². The monoisotopic (exact) mass is 332 g/mol. The highest BCUT2D eigenvalue weighted by atomic mass is 15.1. The van der Waals surface area contributed by atoms with Crippen LogP contribution in [0.2, 0.25) is 0 Å². The minimum atomic E-state index is 0.723. The Hall–Kier alpha value is -2.46. The third-order valence-electron chi connectivity index (χ3n) is 5.19. The van der Waals surface area contributed by atoms with E-state index in [1.807, 2.05) is 18.5 Å². The average molecular weight is 332 g/mol. The summed E-state index contributed by atoms with van der Waals surface area (Å²) < 4.78 is 0. The van der Waals surface area contributed by atoms with E-state index in [9.17, 15) is 0 Å². The molecule has 25 heavy (non-hydrogen) atoms. The van der Waals surface area contributed by atoms with Gasteiger partial charge >= 0.3 is 0 Å². The van der Waals surface area contributed by atoms with Crippen molar-refractivity contribution in [1.29, 1.82) is 0 Å². The van der Waals surface area contributed by atoms with Gasteiger partial charge in [0.25, 0.3) is 0 Å². The lowest BCUT2D eigenvalue weighted by molar-refractivity contribution is 0.218. The lowest BCUT2D eigenvalue weighted by Crippen LogP contribution is -2.31. The van der Waals surface area contributed by atoms with E-state index < -0.39 is 0 Å². The molecule has 0 bridgehead atoms. The topological polar surface area (TPSA) is 44.8 Å². The number of hydrogen-bond donors (Lipinski definition) is 1. The van der Waals surface area contributed by atoms with Gasteiger partial charge < -0.3 is 4.90 Å². The fourth-order valence-electron chi connectivity index (χ4n) is 3.72. The summed E-state index contributed by atoms with van der Waals surface area (Å²) in [6.07, 6.45) is 7.29. The van der Waals surface area contributed by atoms with Gasteiger partial charge in [-0.3, -0.25) is 10.1 Å². The quantitative estimate of drug-likeness (QED) is 0.785. The van der Waals surface area contributed by atoms with Gasteiger partial charge in [0, 0.05) is 29.2 Å². The van der Waals surface area contributed by atoms with Crippen LogP contribution < -0.4 is 0 Å². The van der Waals surface area contributed by atoms with E-state index in [-0.39, 0.29) is 0 Å². The number of aromatic nitrogens is 3. The van der Waals surface area contributed by atoms with Crippen LogP contribution in [0.15, 0.2) is 54.9 Å². The number of rotatable bonds is 4. The predicted octanol–water partition coefficient (Wildman–Crippen LogP) is 4.02. The Morgan fingerprint density at radius 1 is 1.00 bits per heavy atom. The second kappa shape index (κ2) is 7.19. The maximum atomic E-state index is 4.69. The summed E-state index contributed by atoms with van der Waals surface area (Å²) in [7, 11) is 2.21. The van der Waals surface area contributed by atoms with Crippen LogP contribution in [0.25, 0.3) is 22.4 Å². The number of H-pyrrole nitrogens is 1. The first-order chi connectivity index (χ1) is 12.3. The van der Waals surface area contributed by atoms with Crippen LogP contribution in [0, 0.1) is 5.92 Å². The molecule has 1 aliphatic heterocycles. The van der Waals surface area contributed by atoms with Gasteiger partial charge in [-0.2, -0.15) is 5.10 Å². The molecule has 128 valence electrons. The van der Waals surface area contributed by atoms with E-state index in [1.165, 1.54) is 42.8 Å². The Kier molecular flexibility index (Phi) is 4.61. The minimum absolute atomic E-state index is 0.723. The highest BCUT2D eigenvalue weighted by molar-refractivity contribution is 5.82. The maximum Gasteiger partial charge on any atom is 0.100 e. The lowest BCUT2D eigenvalue weighted by Gasteiger charge is -2.28. The summed E-state index contributed by atoms with van der Waals surface area (Å²) in [5.41, 5.74) is 5.85. The Morgan fingerprint density at radius 3 is 2.44 bits per heavy atom. The number of benzene rings is 1. The van der Waals surface area contributed by atoms with Gasteiger partial charge in [0.2, 0.25) is 0 Å². The number of nitrogens with one attached hydrogen (secondary N) is 1. The predicted molar refractivity (Wildman–Crippen MR) is 101 cm³/mol. The smallest absolute Gasteiger partial charge is 0.100 e. The van der Waals surface area contributed by atoms with Crippen LogP contribution in [0.5, 0.6) is 0 Å². The summed E-state index contributed by atoms with van der Waals surface area (Å²) >= 11 is 0. The zero-order chi connectivity index (χ0) is 17.1. The Balaban J connectivity index is 1.71. The van der Waals surface area contributed by atoms with E-state index in [2.05, 4.69) is 63.5 Å². The van der Waals surface area contributed by atoms with Crippen LogP contribution in [-0.4, -0.2) is 40.2 Å². The van der Waals surface area contributed by atoms with Crippen molar-refractivity contribution in [2.45, 2.75) is 19.3 Å². The third kappa shape index (κ3) is 3.49. The zero-order valence-corrected chi connectivity index (χ0v) is 14.7. The van der Waals surface area contributed by atoms with Gasteiger partial charge in [0.1, 0.15) is 5.69 Å². The third-order valence-corrected chi connectivity index (χ3v) is 5.19. The number of pyridine rings is 1. The van der Waals surface area contributed by atoms with E-state index in [0.717, 1.165) is 23.6 Å². The van der Waals surface area contributed by atoms with Crippen LogP contribution in [0.4, 0.5) is 0 Å². The molecule has 3 heterocycles. The van der Waals surface area contributed by atoms with E-state index >= 15 is 0 Å². The molecule has 2 aromatic heterocycles. The summed E-state index contributed by atoms with van der Waals surface area (Å²) in [5.74, 6) is 0.723. The van der Waals surface area contributed by atoms with Crippen LogP contribution in [0.3, 0.4) is 0 Å². The molecular weight excluding hydrogens is 308 g/mol. The number of aromatic amines is 1. The summed E-state index contributed by atoms with van der Waals surface area (Å²) in [5, 5.41) is 8.03. The highest BCUT2D eigenvalue weighted by Crippen LogP contribution is 2.35. The summed E-state index contributed by atoms with van der Waals surface area (Å²) in [6.45, 7) is 2.38. The highest BCUT2D eigenvalue weighted by Gasteiger charge is 2.22. The zero-order valence-electron chi connectivity index (χ0n) is 14.7. The SMILES string of the molecule is CN1CCC(Cc2[nH]nc(-c3ccccc3)c2-c2ccncc2)CC1. The molecule has 0 radical (unpaired) electrons. The average Bonchev–Trinajstić information content (AvgIpc) is 3.08. The van der Waals surface area contributed by atoms with Crippen LogP contribution >= 0.6 is 0 Å². The molecule has 0 unspecified atom stereocenters. The van der Waals surface area contributed by atoms with Crippen LogP contribution in [-0.2, 0) is 6.42 Å². The molecule has 4 nitrogen and oxygen atoms in total. The van der Waals surface area contributed by atoms with Crippen molar-refractivity contribution < 1.29 is 0 Å². The normalized spacial score (nSPS) is 16.2. The largest absolute Gasteiger partial charge is 0.306 e. The first-order valence-corrected chi connectivity index (χ1v) is 9.03. The molecule has 0 amide bonds. The van der Waals surface area contributed by atoms with Gasteiger partial charge in [-0.15, -0.1) is 0 Å². The molecule has 4 heteroatoms. The second-order valence-corrected chi connectivity index (χ2v) is 6.98. The van der Waals surface area contributed by atoms with Crippen molar-refractivity contribution in [3.63, 3.8) is 0 Å². The molecule has 0 spiro atoms. The Bertz CT molecular complexity index is 802. The van der Waals surface area contributed by atoms with Gasteiger partial charge in [-0.25, -0.2) is 0 Å². The molecule has 4 rings (SSSR count). The summed E-state index contributed by atoms with van der Waals surface area (Å²) in [6, 6.07) is 14.6. The Morgan fingerprint density at radius 2 is 1.72 bits per heavy atom.